The molecule has 44 heavy (non-hydrogen) atoms. The Hall–Kier alpha value is -4.25. The van der Waals surface area contributed by atoms with Crippen molar-refractivity contribution < 1.29 is 36.2 Å². The maximum atomic E-state index is 13.8. The van der Waals surface area contributed by atoms with Gasteiger partial charge in [0.1, 0.15) is 12.1 Å². The molecule has 0 aliphatic rings. The summed E-state index contributed by atoms with van der Waals surface area (Å²) in [7, 11) is 0. The van der Waals surface area contributed by atoms with E-state index >= 15 is 0 Å². The van der Waals surface area contributed by atoms with Gasteiger partial charge in [0, 0.05) is 23.3 Å². The zero-order valence-electron chi connectivity index (χ0n) is 23.3. The lowest BCUT2D eigenvalue weighted by Gasteiger charge is -2.18. The molecule has 0 fully saturated rings. The highest BCUT2D eigenvalue weighted by Gasteiger charge is 2.40. The quantitative estimate of drug-likeness (QED) is 0.276. The van der Waals surface area contributed by atoms with Crippen molar-refractivity contribution in [2.45, 2.75) is 52.3 Å². The molecule has 0 saturated carbocycles. The third-order valence-electron chi connectivity index (χ3n) is 5.98. The average Bonchev–Trinajstić information content (AvgIpc) is 3.48. The Morgan fingerprint density at radius 3 is 2.30 bits per heavy atom. The van der Waals surface area contributed by atoms with Crippen molar-refractivity contribution in [1.29, 1.82) is 0 Å². The smallest absolute Gasteiger partial charge is 0.382 e. The molecule has 2 N–H and O–H groups in total. The first-order valence-electron chi connectivity index (χ1n) is 12.8. The Balaban J connectivity index is 1.82. The molecule has 0 aliphatic heterocycles. The van der Waals surface area contributed by atoms with Gasteiger partial charge in [-0.3, -0.25) is 9.36 Å². The standard InChI is InChI=1S/C26H25ClF6N8O3/c1-24(2,3)13-35-22(43)21-36-18(37-41(21)20-16(25(28,29)30)5-4-10-34-20)12-40-23(44)39(11-17(42)26(31,32)33)19(38-40)14-6-8-15(27)9-7-14/h4-10,17,42H,11-13H2,1-3H3,(H,35,43). The molecule has 1 aromatic carbocycles. The molecular weight excluding hydrogens is 622 g/mol. The minimum atomic E-state index is -5.06. The van der Waals surface area contributed by atoms with E-state index in [9.17, 15) is 41.0 Å². The molecule has 1 atom stereocenters. The number of rotatable bonds is 8. The number of carbonyl (C=O) groups excluding carboxylic acids is 1. The van der Waals surface area contributed by atoms with Crippen LogP contribution in [0, 0.1) is 5.41 Å². The highest BCUT2D eigenvalue weighted by Crippen LogP contribution is 2.33. The molecule has 0 spiro atoms. The Morgan fingerprint density at radius 1 is 1.05 bits per heavy atom. The van der Waals surface area contributed by atoms with Crippen LogP contribution in [0.3, 0.4) is 0 Å². The van der Waals surface area contributed by atoms with E-state index < -0.39 is 65.8 Å². The van der Waals surface area contributed by atoms with E-state index in [-0.39, 0.29) is 28.8 Å². The molecule has 3 heterocycles. The van der Waals surface area contributed by atoms with Crippen LogP contribution in [0.15, 0.2) is 47.4 Å². The Bertz CT molecular complexity index is 1700. The highest BCUT2D eigenvalue weighted by atomic mass is 35.5. The topological polar surface area (TPSA) is 133 Å². The highest BCUT2D eigenvalue weighted by molar-refractivity contribution is 6.30. The third kappa shape index (κ3) is 7.45. The number of hydrogen-bond acceptors (Lipinski definition) is 7. The number of alkyl halides is 6. The molecule has 0 bridgehead atoms. The second-order valence-electron chi connectivity index (χ2n) is 10.8. The van der Waals surface area contributed by atoms with Crippen molar-refractivity contribution in [1.82, 2.24) is 39.4 Å². The van der Waals surface area contributed by atoms with Gasteiger partial charge in [-0.25, -0.2) is 19.4 Å². The van der Waals surface area contributed by atoms with Gasteiger partial charge in [-0.05, 0) is 41.8 Å². The van der Waals surface area contributed by atoms with E-state index in [2.05, 4.69) is 25.5 Å². The average molecular weight is 647 g/mol. The number of pyridine rings is 1. The predicted octanol–water partition coefficient (Wildman–Crippen LogP) is 4.11. The van der Waals surface area contributed by atoms with Gasteiger partial charge in [-0.2, -0.15) is 31.0 Å². The first-order chi connectivity index (χ1) is 20.3. The Morgan fingerprint density at radius 2 is 1.70 bits per heavy atom. The van der Waals surface area contributed by atoms with Crippen LogP contribution < -0.4 is 11.0 Å². The van der Waals surface area contributed by atoms with Crippen molar-refractivity contribution in [3.05, 3.63) is 75.3 Å². The van der Waals surface area contributed by atoms with Crippen molar-refractivity contribution in [2.75, 3.05) is 6.54 Å². The summed E-state index contributed by atoms with van der Waals surface area (Å²) in [5, 5.41) is 20.6. The number of nitrogens with zero attached hydrogens (tertiary/aromatic N) is 7. The van der Waals surface area contributed by atoms with Crippen LogP contribution in [0.1, 0.15) is 42.8 Å². The van der Waals surface area contributed by atoms with E-state index in [1.807, 2.05) is 0 Å². The summed E-state index contributed by atoms with van der Waals surface area (Å²) in [6.07, 6.45) is -11.8. The van der Waals surface area contributed by atoms with E-state index in [0.29, 0.717) is 13.9 Å². The van der Waals surface area contributed by atoms with Crippen LogP contribution in [0.5, 0.6) is 0 Å². The number of aliphatic hydroxyl groups is 1. The van der Waals surface area contributed by atoms with Gasteiger partial charge in [0.15, 0.2) is 23.6 Å². The van der Waals surface area contributed by atoms with Crippen LogP contribution in [0.25, 0.3) is 17.2 Å². The Kier molecular flexibility index (Phi) is 8.93. The molecule has 1 amide bonds. The maximum absolute atomic E-state index is 13.8. The number of aromatic nitrogens is 7. The van der Waals surface area contributed by atoms with Crippen molar-refractivity contribution in [3.63, 3.8) is 0 Å². The Labute approximate surface area is 250 Å². The number of aliphatic hydroxyl groups excluding tert-OH is 1. The predicted molar refractivity (Wildman–Crippen MR) is 144 cm³/mol. The van der Waals surface area contributed by atoms with Crippen molar-refractivity contribution >= 4 is 17.5 Å². The molecule has 4 aromatic rings. The molecule has 1 unspecified atom stereocenters. The molecule has 3 aromatic heterocycles. The second-order valence-corrected chi connectivity index (χ2v) is 11.3. The summed E-state index contributed by atoms with van der Waals surface area (Å²) in [5.41, 5.74) is -2.59. The minimum Gasteiger partial charge on any atom is -0.382 e. The van der Waals surface area contributed by atoms with Gasteiger partial charge in [-0.1, -0.05) is 32.4 Å². The monoisotopic (exact) mass is 646 g/mol. The van der Waals surface area contributed by atoms with Gasteiger partial charge < -0.3 is 10.4 Å². The first-order valence-corrected chi connectivity index (χ1v) is 13.2. The summed E-state index contributed by atoms with van der Waals surface area (Å²) in [4.78, 5) is 34.1. The second kappa shape index (κ2) is 12.0. The fourth-order valence-electron chi connectivity index (χ4n) is 3.86. The summed E-state index contributed by atoms with van der Waals surface area (Å²) in [6, 6.07) is 7.36. The normalized spacial score (nSPS) is 13.2. The summed E-state index contributed by atoms with van der Waals surface area (Å²) >= 11 is 5.90. The fourth-order valence-corrected chi connectivity index (χ4v) is 3.99. The van der Waals surface area contributed by atoms with Crippen molar-refractivity contribution in [3.8, 4) is 17.2 Å². The first kappa shape index (κ1) is 32.7. The molecule has 11 nitrogen and oxygen atoms in total. The van der Waals surface area contributed by atoms with E-state index in [4.69, 9.17) is 11.6 Å². The maximum Gasteiger partial charge on any atom is 0.420 e. The van der Waals surface area contributed by atoms with Crippen LogP contribution in [0.4, 0.5) is 26.3 Å². The number of nitrogens with one attached hydrogen (secondary N) is 1. The minimum absolute atomic E-state index is 0.109. The molecule has 4 rings (SSSR count). The largest absolute Gasteiger partial charge is 0.420 e. The lowest BCUT2D eigenvalue weighted by Crippen LogP contribution is -2.37. The van der Waals surface area contributed by atoms with E-state index in [1.165, 1.54) is 24.3 Å². The summed E-state index contributed by atoms with van der Waals surface area (Å²) in [6.45, 7) is 3.64. The number of amides is 1. The molecule has 236 valence electrons. The van der Waals surface area contributed by atoms with Gasteiger partial charge in [0.05, 0.1) is 6.54 Å². The zero-order chi connectivity index (χ0) is 32.6. The van der Waals surface area contributed by atoms with E-state index in [0.717, 1.165) is 18.3 Å². The molecule has 0 saturated heterocycles. The molecular formula is C26H25ClF6N8O3. The van der Waals surface area contributed by atoms with E-state index in [1.54, 1.807) is 20.8 Å². The lowest BCUT2D eigenvalue weighted by atomic mass is 9.97. The van der Waals surface area contributed by atoms with Gasteiger partial charge in [-0.15, -0.1) is 10.2 Å². The zero-order valence-corrected chi connectivity index (χ0v) is 24.0. The van der Waals surface area contributed by atoms with Crippen LogP contribution >= 0.6 is 11.6 Å². The van der Waals surface area contributed by atoms with Crippen LogP contribution in [-0.2, 0) is 19.3 Å². The fraction of sp³-hybridized carbons (Fsp3) is 0.385. The molecule has 0 radical (unpaired) electrons. The summed E-state index contributed by atoms with van der Waals surface area (Å²) < 4.78 is 82.9. The number of carbonyl (C=O) groups is 1. The van der Waals surface area contributed by atoms with Crippen LogP contribution in [0.2, 0.25) is 5.02 Å². The van der Waals surface area contributed by atoms with Crippen molar-refractivity contribution in [2.24, 2.45) is 5.41 Å². The number of hydrogen-bond donors (Lipinski definition) is 2. The number of halogens is 7. The molecule has 18 heteroatoms. The SMILES string of the molecule is CC(C)(C)CNC(=O)c1nc(Cn2nc(-c3ccc(Cl)cc3)n(CC(O)C(F)(F)F)c2=O)nn1-c1ncccc1C(F)(F)F. The number of benzene rings is 1. The summed E-state index contributed by atoms with van der Waals surface area (Å²) in [5.74, 6) is -2.92. The van der Waals surface area contributed by atoms with Gasteiger partial charge in [0.2, 0.25) is 5.82 Å². The van der Waals surface area contributed by atoms with Gasteiger partial charge >= 0.3 is 18.0 Å². The molecule has 0 aliphatic carbocycles. The van der Waals surface area contributed by atoms with Crippen LogP contribution in [-0.4, -0.2) is 63.9 Å². The lowest BCUT2D eigenvalue weighted by molar-refractivity contribution is -0.207. The third-order valence-corrected chi connectivity index (χ3v) is 6.23. The van der Waals surface area contributed by atoms with Gasteiger partial charge in [0.25, 0.3) is 5.91 Å².